The van der Waals surface area contributed by atoms with Crippen LogP contribution in [0.2, 0.25) is 0 Å². The van der Waals surface area contributed by atoms with E-state index in [1.165, 1.54) is 24.8 Å². The van der Waals surface area contributed by atoms with E-state index in [1.807, 2.05) is 18.2 Å². The summed E-state index contributed by atoms with van der Waals surface area (Å²) < 4.78 is 6.42. The van der Waals surface area contributed by atoms with Gasteiger partial charge in [-0.25, -0.2) is 4.79 Å². The summed E-state index contributed by atoms with van der Waals surface area (Å²) in [6, 6.07) is 16.2. The predicted octanol–water partition coefficient (Wildman–Crippen LogP) is 5.18. The highest BCUT2D eigenvalue weighted by molar-refractivity contribution is 9.10. The number of hydrogen-bond donors (Lipinski definition) is 0. The van der Waals surface area contributed by atoms with Crippen molar-refractivity contribution in [2.24, 2.45) is 0 Å². The molecule has 1 saturated heterocycles. The summed E-state index contributed by atoms with van der Waals surface area (Å²) in [5, 5.41) is 0. The fraction of sp³-hybridized carbons (Fsp3) is 0.381. The van der Waals surface area contributed by atoms with Gasteiger partial charge in [-0.3, -0.25) is 4.90 Å². The largest absolute Gasteiger partial charge is 0.457 e. The zero-order valence-corrected chi connectivity index (χ0v) is 16.2. The Morgan fingerprint density at radius 3 is 2.72 bits per heavy atom. The molecule has 3 nitrogen and oxygen atoms in total. The molecule has 1 aliphatic heterocycles. The normalized spacial score (nSPS) is 18.1. The molecule has 1 heterocycles. The van der Waals surface area contributed by atoms with Gasteiger partial charge in [-0.1, -0.05) is 52.7 Å². The summed E-state index contributed by atoms with van der Waals surface area (Å²) >= 11 is 3.39. The van der Waals surface area contributed by atoms with E-state index in [0.29, 0.717) is 18.2 Å². The van der Waals surface area contributed by atoms with Crippen LogP contribution in [0.1, 0.15) is 47.7 Å². The van der Waals surface area contributed by atoms with Crippen molar-refractivity contribution in [3.63, 3.8) is 0 Å². The Hall–Kier alpha value is -1.65. The van der Waals surface area contributed by atoms with Crippen LogP contribution in [-0.4, -0.2) is 23.5 Å². The number of nitrogens with zero attached hydrogens (tertiary/aromatic N) is 1. The molecule has 2 aromatic carbocycles. The van der Waals surface area contributed by atoms with Gasteiger partial charge in [0.05, 0.1) is 5.56 Å². The molecular formula is C21H24BrNO2. The quantitative estimate of drug-likeness (QED) is 0.646. The second-order valence-corrected chi connectivity index (χ2v) is 7.59. The molecule has 2 aromatic rings. The predicted molar refractivity (Wildman–Crippen MR) is 103 cm³/mol. The second kappa shape index (κ2) is 8.63. The number of halogens is 1. The molecule has 1 aliphatic rings. The highest BCUT2D eigenvalue weighted by Crippen LogP contribution is 2.21. The Morgan fingerprint density at radius 2 is 1.96 bits per heavy atom. The maximum Gasteiger partial charge on any atom is 0.338 e. The number of esters is 1. The lowest BCUT2D eigenvalue weighted by atomic mass is 10.0. The van der Waals surface area contributed by atoms with Crippen molar-refractivity contribution < 1.29 is 9.53 Å². The van der Waals surface area contributed by atoms with Gasteiger partial charge in [0, 0.05) is 17.1 Å². The first-order chi connectivity index (χ1) is 12.1. The molecule has 0 aliphatic carbocycles. The average molecular weight is 402 g/mol. The van der Waals surface area contributed by atoms with Crippen LogP contribution >= 0.6 is 15.9 Å². The van der Waals surface area contributed by atoms with E-state index in [-0.39, 0.29) is 5.97 Å². The van der Waals surface area contributed by atoms with Crippen LogP contribution < -0.4 is 0 Å². The molecule has 132 valence electrons. The summed E-state index contributed by atoms with van der Waals surface area (Å²) in [6.07, 6.45) is 3.86. The van der Waals surface area contributed by atoms with E-state index in [4.69, 9.17) is 4.74 Å². The van der Waals surface area contributed by atoms with Crippen LogP contribution in [0.15, 0.2) is 53.0 Å². The number of benzene rings is 2. The molecule has 0 N–H and O–H groups in total. The molecule has 0 spiro atoms. The van der Waals surface area contributed by atoms with E-state index in [0.717, 1.165) is 23.1 Å². The lowest BCUT2D eigenvalue weighted by Crippen LogP contribution is -2.37. The lowest BCUT2D eigenvalue weighted by Gasteiger charge is -2.33. The summed E-state index contributed by atoms with van der Waals surface area (Å²) in [7, 11) is 0. The molecule has 0 aromatic heterocycles. The first-order valence-corrected chi connectivity index (χ1v) is 9.66. The third-order valence-corrected chi connectivity index (χ3v) is 5.34. The van der Waals surface area contributed by atoms with Gasteiger partial charge in [-0.2, -0.15) is 0 Å². The lowest BCUT2D eigenvalue weighted by molar-refractivity contribution is 0.0470. The van der Waals surface area contributed by atoms with Crippen LogP contribution in [0.25, 0.3) is 0 Å². The molecule has 4 heteroatoms. The second-order valence-electron chi connectivity index (χ2n) is 6.67. The average Bonchev–Trinajstić information content (AvgIpc) is 2.62. The third-order valence-electron chi connectivity index (χ3n) is 4.85. The molecule has 0 radical (unpaired) electrons. The van der Waals surface area contributed by atoms with E-state index >= 15 is 0 Å². The minimum Gasteiger partial charge on any atom is -0.457 e. The van der Waals surface area contributed by atoms with Gasteiger partial charge in [0.2, 0.25) is 0 Å². The highest BCUT2D eigenvalue weighted by atomic mass is 79.9. The third kappa shape index (κ3) is 4.93. The molecule has 3 rings (SSSR count). The van der Waals surface area contributed by atoms with Crippen LogP contribution in [0.3, 0.4) is 0 Å². The number of likely N-dealkylation sites (tertiary alicyclic amines) is 1. The Labute approximate surface area is 158 Å². The number of ether oxygens (including phenoxy) is 1. The zero-order valence-electron chi connectivity index (χ0n) is 14.6. The molecule has 0 amide bonds. The molecule has 25 heavy (non-hydrogen) atoms. The Kier molecular flexibility index (Phi) is 6.27. The van der Waals surface area contributed by atoms with E-state index in [2.05, 4.69) is 46.0 Å². The van der Waals surface area contributed by atoms with Crippen LogP contribution in [0.5, 0.6) is 0 Å². The van der Waals surface area contributed by atoms with Gasteiger partial charge in [0.15, 0.2) is 0 Å². The van der Waals surface area contributed by atoms with Crippen molar-refractivity contribution in [1.29, 1.82) is 0 Å². The van der Waals surface area contributed by atoms with Crippen molar-refractivity contribution in [2.45, 2.75) is 45.4 Å². The number of carbonyl (C=O) groups is 1. The van der Waals surface area contributed by atoms with Gasteiger partial charge < -0.3 is 4.74 Å². The van der Waals surface area contributed by atoms with E-state index < -0.39 is 0 Å². The highest BCUT2D eigenvalue weighted by Gasteiger charge is 2.19. The van der Waals surface area contributed by atoms with Crippen LogP contribution in [0, 0.1) is 0 Å². The number of carbonyl (C=O) groups excluding carboxylic acids is 1. The van der Waals surface area contributed by atoms with Crippen molar-refractivity contribution in [3.8, 4) is 0 Å². The summed E-state index contributed by atoms with van der Waals surface area (Å²) in [6.45, 7) is 4.68. The van der Waals surface area contributed by atoms with Gasteiger partial charge in [0.1, 0.15) is 6.61 Å². The summed E-state index contributed by atoms with van der Waals surface area (Å²) in [5.74, 6) is -0.289. The van der Waals surface area contributed by atoms with Crippen molar-refractivity contribution in [3.05, 3.63) is 69.7 Å². The first-order valence-electron chi connectivity index (χ1n) is 8.87. The Morgan fingerprint density at radius 1 is 1.16 bits per heavy atom. The SMILES string of the molecule is CC1CCCCN1Cc1ccccc1COC(=O)c1cccc(Br)c1. The van der Waals surface area contributed by atoms with Gasteiger partial charge in [-0.05, 0) is 55.6 Å². The molecular weight excluding hydrogens is 378 g/mol. The fourth-order valence-electron chi connectivity index (χ4n) is 3.31. The minimum absolute atomic E-state index is 0.289. The summed E-state index contributed by atoms with van der Waals surface area (Å²) in [4.78, 5) is 14.8. The van der Waals surface area contributed by atoms with E-state index in [9.17, 15) is 4.79 Å². The molecule has 1 unspecified atom stereocenters. The molecule has 1 fully saturated rings. The van der Waals surface area contributed by atoms with Crippen LogP contribution in [0.4, 0.5) is 0 Å². The fourth-order valence-corrected chi connectivity index (χ4v) is 3.71. The Balaban J connectivity index is 1.65. The van der Waals surface area contributed by atoms with Crippen molar-refractivity contribution in [2.75, 3.05) is 6.54 Å². The first kappa shape index (κ1) is 18.2. The number of hydrogen-bond acceptors (Lipinski definition) is 3. The maximum atomic E-state index is 12.3. The molecule has 1 atom stereocenters. The molecule has 0 saturated carbocycles. The molecule has 0 bridgehead atoms. The standard InChI is InChI=1S/C21H24BrNO2/c1-16-7-4-5-12-23(16)14-18-8-2-3-9-19(18)15-25-21(24)17-10-6-11-20(22)13-17/h2-3,6,8-11,13,16H,4-5,7,12,14-15H2,1H3. The van der Waals surface area contributed by atoms with Gasteiger partial charge >= 0.3 is 5.97 Å². The number of rotatable bonds is 5. The van der Waals surface area contributed by atoms with Crippen molar-refractivity contribution >= 4 is 21.9 Å². The zero-order chi connectivity index (χ0) is 17.6. The number of piperidine rings is 1. The maximum absolute atomic E-state index is 12.3. The smallest absolute Gasteiger partial charge is 0.338 e. The van der Waals surface area contributed by atoms with Gasteiger partial charge in [0.25, 0.3) is 0 Å². The topological polar surface area (TPSA) is 29.5 Å². The van der Waals surface area contributed by atoms with E-state index in [1.54, 1.807) is 12.1 Å². The Bertz CT molecular complexity index is 731. The van der Waals surface area contributed by atoms with Crippen LogP contribution in [-0.2, 0) is 17.9 Å². The van der Waals surface area contributed by atoms with Crippen molar-refractivity contribution in [1.82, 2.24) is 4.90 Å². The van der Waals surface area contributed by atoms with Gasteiger partial charge in [-0.15, -0.1) is 0 Å². The summed E-state index contributed by atoms with van der Waals surface area (Å²) in [5.41, 5.74) is 2.90. The monoisotopic (exact) mass is 401 g/mol. The minimum atomic E-state index is -0.289.